The van der Waals surface area contributed by atoms with Gasteiger partial charge in [-0.2, -0.15) is 0 Å². The Morgan fingerprint density at radius 3 is 3.00 bits per heavy atom. The van der Waals surface area contributed by atoms with Crippen LogP contribution in [-0.4, -0.2) is 56.2 Å². The molecule has 1 fully saturated rings. The van der Waals surface area contributed by atoms with Crippen molar-refractivity contribution in [2.24, 2.45) is 5.92 Å². The standard InChI is InChI=1S/C15H24N4O2/c1-4-21-15(20)12-5-7-17-14(13(12)16)19(3)10-11-6-8-18(2)9-11/h5,7,11H,4,6,8-10,16H2,1-3H3. The lowest BCUT2D eigenvalue weighted by Gasteiger charge is -2.24. The summed E-state index contributed by atoms with van der Waals surface area (Å²) in [4.78, 5) is 20.5. The largest absolute Gasteiger partial charge is 0.462 e. The monoisotopic (exact) mass is 292 g/mol. The van der Waals surface area contributed by atoms with Crippen molar-refractivity contribution in [3.05, 3.63) is 17.8 Å². The average Bonchev–Trinajstić information content (AvgIpc) is 2.84. The summed E-state index contributed by atoms with van der Waals surface area (Å²) in [5.74, 6) is 0.857. The van der Waals surface area contributed by atoms with E-state index in [0.717, 1.165) is 19.6 Å². The Kier molecular flexibility index (Phi) is 5.01. The smallest absolute Gasteiger partial charge is 0.340 e. The third-order valence-corrected chi connectivity index (χ3v) is 3.85. The number of esters is 1. The van der Waals surface area contributed by atoms with Crippen molar-refractivity contribution < 1.29 is 9.53 Å². The molecule has 1 saturated heterocycles. The number of nitrogen functional groups attached to an aromatic ring is 1. The molecule has 1 aromatic rings. The fourth-order valence-electron chi connectivity index (χ4n) is 2.80. The van der Waals surface area contributed by atoms with E-state index in [-0.39, 0.29) is 0 Å². The third kappa shape index (κ3) is 3.64. The molecule has 0 aromatic carbocycles. The SMILES string of the molecule is CCOC(=O)c1ccnc(N(C)CC2CCN(C)C2)c1N. The van der Waals surface area contributed by atoms with Gasteiger partial charge in [0.1, 0.15) is 0 Å². The van der Waals surface area contributed by atoms with E-state index in [1.54, 1.807) is 19.2 Å². The van der Waals surface area contributed by atoms with Gasteiger partial charge in [0.25, 0.3) is 0 Å². The number of aromatic nitrogens is 1. The quantitative estimate of drug-likeness (QED) is 0.823. The van der Waals surface area contributed by atoms with E-state index in [9.17, 15) is 4.79 Å². The maximum Gasteiger partial charge on any atom is 0.340 e. The molecule has 2 heterocycles. The molecule has 2 rings (SSSR count). The number of carbonyl (C=O) groups excluding carboxylic acids is 1. The molecule has 1 aromatic heterocycles. The van der Waals surface area contributed by atoms with Gasteiger partial charge in [-0.15, -0.1) is 0 Å². The van der Waals surface area contributed by atoms with E-state index >= 15 is 0 Å². The van der Waals surface area contributed by atoms with E-state index < -0.39 is 5.97 Å². The van der Waals surface area contributed by atoms with Crippen LogP contribution < -0.4 is 10.6 Å². The van der Waals surface area contributed by atoms with Crippen LogP contribution in [0.4, 0.5) is 11.5 Å². The number of ether oxygens (including phenoxy) is 1. The first-order chi connectivity index (χ1) is 10.0. The maximum absolute atomic E-state index is 11.9. The van der Waals surface area contributed by atoms with Crippen LogP contribution in [-0.2, 0) is 4.74 Å². The van der Waals surface area contributed by atoms with Gasteiger partial charge in [0.2, 0.25) is 0 Å². The number of hydrogen-bond acceptors (Lipinski definition) is 6. The second-order valence-corrected chi connectivity index (χ2v) is 5.61. The van der Waals surface area contributed by atoms with Crippen LogP contribution in [0.2, 0.25) is 0 Å². The molecule has 1 aliphatic rings. The summed E-state index contributed by atoms with van der Waals surface area (Å²) in [6.45, 7) is 5.21. The Morgan fingerprint density at radius 1 is 1.62 bits per heavy atom. The first kappa shape index (κ1) is 15.6. The molecule has 6 nitrogen and oxygen atoms in total. The van der Waals surface area contributed by atoms with Gasteiger partial charge in [0, 0.05) is 26.3 Å². The minimum absolute atomic E-state index is 0.334. The van der Waals surface area contributed by atoms with Crippen molar-refractivity contribution in [3.8, 4) is 0 Å². The molecule has 2 N–H and O–H groups in total. The van der Waals surface area contributed by atoms with Crippen molar-refractivity contribution in [1.82, 2.24) is 9.88 Å². The molecule has 1 unspecified atom stereocenters. The van der Waals surface area contributed by atoms with Crippen LogP contribution >= 0.6 is 0 Å². The number of anilines is 2. The van der Waals surface area contributed by atoms with Gasteiger partial charge in [-0.3, -0.25) is 0 Å². The highest BCUT2D eigenvalue weighted by Gasteiger charge is 2.23. The molecule has 0 saturated carbocycles. The summed E-state index contributed by atoms with van der Waals surface area (Å²) in [7, 11) is 4.10. The van der Waals surface area contributed by atoms with Crippen molar-refractivity contribution in [1.29, 1.82) is 0 Å². The Hall–Kier alpha value is -1.82. The molecule has 0 amide bonds. The van der Waals surface area contributed by atoms with Crippen molar-refractivity contribution >= 4 is 17.5 Å². The molecule has 21 heavy (non-hydrogen) atoms. The molecule has 1 aliphatic heterocycles. The number of pyridine rings is 1. The molecule has 0 bridgehead atoms. The predicted octanol–water partition coefficient (Wildman–Crippen LogP) is 1.23. The molecule has 0 spiro atoms. The molecule has 6 heteroatoms. The summed E-state index contributed by atoms with van der Waals surface area (Å²) in [6.07, 6.45) is 2.79. The van der Waals surface area contributed by atoms with Crippen LogP contribution in [0.15, 0.2) is 12.3 Å². The van der Waals surface area contributed by atoms with E-state index in [1.807, 2.05) is 11.9 Å². The predicted molar refractivity (Wildman–Crippen MR) is 83.5 cm³/mol. The first-order valence-electron chi connectivity index (χ1n) is 7.34. The van der Waals surface area contributed by atoms with Gasteiger partial charge in [-0.25, -0.2) is 9.78 Å². The van der Waals surface area contributed by atoms with E-state index in [4.69, 9.17) is 10.5 Å². The van der Waals surface area contributed by atoms with Gasteiger partial charge < -0.3 is 20.3 Å². The van der Waals surface area contributed by atoms with E-state index in [0.29, 0.717) is 29.6 Å². The molecule has 1 atom stereocenters. The molecular formula is C15H24N4O2. The van der Waals surface area contributed by atoms with E-state index in [1.165, 1.54) is 6.42 Å². The molecule has 116 valence electrons. The fraction of sp³-hybridized carbons (Fsp3) is 0.600. The minimum atomic E-state index is -0.396. The minimum Gasteiger partial charge on any atom is -0.462 e. The van der Waals surface area contributed by atoms with Crippen LogP contribution in [0.5, 0.6) is 0 Å². The second-order valence-electron chi connectivity index (χ2n) is 5.61. The zero-order chi connectivity index (χ0) is 15.4. The lowest BCUT2D eigenvalue weighted by Crippen LogP contribution is -2.29. The normalized spacial score (nSPS) is 18.7. The lowest BCUT2D eigenvalue weighted by atomic mass is 10.1. The highest BCUT2D eigenvalue weighted by atomic mass is 16.5. The van der Waals surface area contributed by atoms with Gasteiger partial charge in [-0.1, -0.05) is 0 Å². The van der Waals surface area contributed by atoms with Gasteiger partial charge in [0.05, 0.1) is 17.9 Å². The Labute approximate surface area is 125 Å². The number of nitrogens with zero attached hydrogens (tertiary/aromatic N) is 3. The van der Waals surface area contributed by atoms with Crippen molar-refractivity contribution in [2.75, 3.05) is 51.0 Å². The summed E-state index contributed by atoms with van der Waals surface area (Å²) in [5.41, 5.74) is 6.88. The van der Waals surface area contributed by atoms with Crippen molar-refractivity contribution in [3.63, 3.8) is 0 Å². The van der Waals surface area contributed by atoms with Crippen LogP contribution in [0.25, 0.3) is 0 Å². The van der Waals surface area contributed by atoms with Gasteiger partial charge in [-0.05, 0) is 38.9 Å². The third-order valence-electron chi connectivity index (χ3n) is 3.85. The highest BCUT2D eigenvalue weighted by molar-refractivity contribution is 5.97. The van der Waals surface area contributed by atoms with Crippen LogP contribution in [0, 0.1) is 5.92 Å². The number of nitrogens with two attached hydrogens (primary N) is 1. The Balaban J connectivity index is 2.12. The zero-order valence-electron chi connectivity index (χ0n) is 13.0. The van der Waals surface area contributed by atoms with Gasteiger partial charge in [0.15, 0.2) is 5.82 Å². The Bertz CT molecular complexity index is 506. The zero-order valence-corrected chi connectivity index (χ0v) is 13.0. The first-order valence-corrected chi connectivity index (χ1v) is 7.34. The summed E-state index contributed by atoms with van der Waals surface area (Å²) in [5, 5.41) is 0. The Morgan fingerprint density at radius 2 is 2.38 bits per heavy atom. The summed E-state index contributed by atoms with van der Waals surface area (Å²) >= 11 is 0. The maximum atomic E-state index is 11.9. The molecule has 0 aliphatic carbocycles. The van der Waals surface area contributed by atoms with Crippen LogP contribution in [0.3, 0.4) is 0 Å². The second kappa shape index (κ2) is 6.76. The number of likely N-dealkylation sites (tertiary alicyclic amines) is 1. The van der Waals surface area contributed by atoms with Crippen LogP contribution in [0.1, 0.15) is 23.7 Å². The lowest BCUT2D eigenvalue weighted by molar-refractivity contribution is 0.0527. The number of carbonyl (C=O) groups is 1. The number of hydrogen-bond donors (Lipinski definition) is 1. The average molecular weight is 292 g/mol. The van der Waals surface area contributed by atoms with Crippen molar-refractivity contribution in [2.45, 2.75) is 13.3 Å². The van der Waals surface area contributed by atoms with Gasteiger partial charge >= 0.3 is 5.97 Å². The molecule has 0 radical (unpaired) electrons. The summed E-state index contributed by atoms with van der Waals surface area (Å²) < 4.78 is 5.02. The fourth-order valence-corrected chi connectivity index (χ4v) is 2.80. The van der Waals surface area contributed by atoms with E-state index in [2.05, 4.69) is 16.9 Å². The number of rotatable bonds is 5. The highest BCUT2D eigenvalue weighted by Crippen LogP contribution is 2.26. The summed E-state index contributed by atoms with van der Waals surface area (Å²) in [6, 6.07) is 1.61. The topological polar surface area (TPSA) is 71.7 Å². The molecular weight excluding hydrogens is 268 g/mol.